The third-order valence-corrected chi connectivity index (χ3v) is 2.62. The number of azide groups is 1. The second kappa shape index (κ2) is 5.25. The van der Waals surface area contributed by atoms with Crippen molar-refractivity contribution in [3.8, 4) is 0 Å². The van der Waals surface area contributed by atoms with Crippen LogP contribution >= 0.6 is 0 Å². The third-order valence-electron chi connectivity index (χ3n) is 2.62. The van der Waals surface area contributed by atoms with E-state index in [1.807, 2.05) is 24.3 Å². The Balaban J connectivity index is 1.81. The lowest BCUT2D eigenvalue weighted by Gasteiger charge is -2.05. The molecule has 0 aliphatic heterocycles. The average molecular weight is 267 g/mol. The Morgan fingerprint density at radius 2 is 2.10 bits per heavy atom. The first-order valence-corrected chi connectivity index (χ1v) is 5.79. The van der Waals surface area contributed by atoms with Gasteiger partial charge in [-0.3, -0.25) is 9.97 Å². The van der Waals surface area contributed by atoms with Crippen molar-refractivity contribution < 1.29 is 4.84 Å². The summed E-state index contributed by atoms with van der Waals surface area (Å²) in [4.78, 5) is 17.5. The first kappa shape index (κ1) is 11.9. The average Bonchev–Trinajstić information content (AvgIpc) is 2.89. The molecule has 0 bridgehead atoms. The van der Waals surface area contributed by atoms with E-state index in [1.165, 1.54) is 17.2 Å². The maximum absolute atomic E-state index is 8.46. The molecule has 1 aromatic carbocycles. The summed E-state index contributed by atoms with van der Waals surface area (Å²) in [5.74, 6) is 0.201. The number of rotatable bonds is 4. The largest absolute Gasteiger partial charge is 0.390 e. The van der Waals surface area contributed by atoms with Crippen LogP contribution in [0.15, 0.2) is 48.0 Å². The normalized spacial score (nSPS) is 10.2. The van der Waals surface area contributed by atoms with E-state index in [0.29, 0.717) is 5.69 Å². The summed E-state index contributed by atoms with van der Waals surface area (Å²) in [7, 11) is 0. The molecule has 20 heavy (non-hydrogen) atoms. The fraction of sp³-hybridized carbons (Fsp3) is 0.0833. The van der Waals surface area contributed by atoms with E-state index in [2.05, 4.69) is 25.1 Å². The molecule has 2 aromatic heterocycles. The lowest BCUT2D eigenvalue weighted by atomic mass is 10.3. The van der Waals surface area contributed by atoms with Gasteiger partial charge in [-0.25, -0.2) is 0 Å². The number of nitrogens with zero attached hydrogens (tertiary/aromatic N) is 7. The summed E-state index contributed by atoms with van der Waals surface area (Å²) in [6.45, 7) is 0.107. The van der Waals surface area contributed by atoms with Crippen molar-refractivity contribution in [2.24, 2.45) is 5.11 Å². The molecule has 0 N–H and O–H groups in total. The van der Waals surface area contributed by atoms with Crippen molar-refractivity contribution in [2.75, 3.05) is 0 Å². The molecular formula is C12H9N7O. The Bertz CT molecular complexity index is 758. The molecule has 0 amide bonds. The summed E-state index contributed by atoms with van der Waals surface area (Å²) < 4.78 is 0. The fourth-order valence-electron chi connectivity index (χ4n) is 1.72. The molecule has 0 aliphatic carbocycles. The molecule has 3 rings (SSSR count). The summed E-state index contributed by atoms with van der Waals surface area (Å²) in [6.07, 6.45) is 4.73. The summed E-state index contributed by atoms with van der Waals surface area (Å²) in [5.41, 5.74) is 9.74. The molecular weight excluding hydrogens is 258 g/mol. The molecule has 0 radical (unpaired) electrons. The van der Waals surface area contributed by atoms with Gasteiger partial charge in [0.05, 0.1) is 11.7 Å². The standard InChI is InChI=1S/C12H9N7O/c13-18-16-12-11(14-5-6-15-12)8-20-19-7-9-3-1-2-4-10(9)17-19/h1-7H,8H2. The quantitative estimate of drug-likeness (QED) is 0.411. The van der Waals surface area contributed by atoms with Gasteiger partial charge < -0.3 is 4.84 Å². The SMILES string of the molecule is [N-]=[N+]=Nc1nccnc1COn1cc2ccccc2n1. The van der Waals surface area contributed by atoms with E-state index >= 15 is 0 Å². The second-order valence-electron chi connectivity index (χ2n) is 3.88. The van der Waals surface area contributed by atoms with Crippen LogP contribution in [-0.4, -0.2) is 19.9 Å². The van der Waals surface area contributed by atoms with Gasteiger partial charge in [0.25, 0.3) is 0 Å². The molecule has 0 saturated heterocycles. The minimum atomic E-state index is 0.107. The Morgan fingerprint density at radius 3 is 2.95 bits per heavy atom. The second-order valence-corrected chi connectivity index (χ2v) is 3.88. The summed E-state index contributed by atoms with van der Waals surface area (Å²) >= 11 is 0. The Kier molecular flexibility index (Phi) is 3.13. The Labute approximate surface area is 113 Å². The molecule has 0 fully saturated rings. The van der Waals surface area contributed by atoms with Crippen LogP contribution in [0, 0.1) is 0 Å². The lowest BCUT2D eigenvalue weighted by Crippen LogP contribution is -2.12. The van der Waals surface area contributed by atoms with Gasteiger partial charge in [0.15, 0.2) is 12.4 Å². The first-order valence-electron chi connectivity index (χ1n) is 5.79. The van der Waals surface area contributed by atoms with Crippen molar-refractivity contribution in [1.29, 1.82) is 0 Å². The van der Waals surface area contributed by atoms with E-state index in [1.54, 1.807) is 6.20 Å². The zero-order valence-corrected chi connectivity index (χ0v) is 10.3. The molecule has 0 spiro atoms. The van der Waals surface area contributed by atoms with Gasteiger partial charge in [0, 0.05) is 22.7 Å². The molecule has 98 valence electrons. The summed E-state index contributed by atoms with van der Waals surface area (Å²) in [6, 6.07) is 7.66. The van der Waals surface area contributed by atoms with Crippen LogP contribution < -0.4 is 4.84 Å². The van der Waals surface area contributed by atoms with E-state index < -0.39 is 0 Å². The van der Waals surface area contributed by atoms with Crippen LogP contribution in [0.2, 0.25) is 0 Å². The third kappa shape index (κ3) is 2.36. The topological polar surface area (TPSA) is 102 Å². The van der Waals surface area contributed by atoms with Gasteiger partial charge in [-0.1, -0.05) is 18.2 Å². The van der Waals surface area contributed by atoms with Crippen LogP contribution in [0.1, 0.15) is 5.69 Å². The maximum atomic E-state index is 8.46. The van der Waals surface area contributed by atoms with Crippen molar-refractivity contribution in [2.45, 2.75) is 6.61 Å². The number of aromatic nitrogens is 4. The zero-order chi connectivity index (χ0) is 13.8. The number of benzene rings is 1. The maximum Gasteiger partial charge on any atom is 0.161 e. The van der Waals surface area contributed by atoms with Gasteiger partial charge in [-0.2, -0.15) is 0 Å². The predicted molar refractivity (Wildman–Crippen MR) is 70.9 cm³/mol. The lowest BCUT2D eigenvalue weighted by molar-refractivity contribution is 0.0697. The van der Waals surface area contributed by atoms with Crippen LogP contribution in [0.4, 0.5) is 5.82 Å². The van der Waals surface area contributed by atoms with E-state index in [0.717, 1.165) is 10.9 Å². The monoisotopic (exact) mass is 267 g/mol. The molecule has 8 heteroatoms. The van der Waals surface area contributed by atoms with Crippen LogP contribution in [-0.2, 0) is 6.61 Å². The highest BCUT2D eigenvalue weighted by Crippen LogP contribution is 2.14. The molecule has 0 unspecified atom stereocenters. The van der Waals surface area contributed by atoms with Gasteiger partial charge in [-0.05, 0) is 16.7 Å². The predicted octanol–water partition coefficient (Wildman–Crippen LogP) is 2.40. The molecule has 8 nitrogen and oxygen atoms in total. The smallest absolute Gasteiger partial charge is 0.161 e. The van der Waals surface area contributed by atoms with Crippen LogP contribution in [0.25, 0.3) is 21.3 Å². The first-order chi connectivity index (χ1) is 9.86. The van der Waals surface area contributed by atoms with Gasteiger partial charge in [-0.15, -0.1) is 9.94 Å². The Hall–Kier alpha value is -3.12. The molecule has 3 aromatic rings. The number of hydrogen-bond donors (Lipinski definition) is 0. The molecule has 0 aliphatic rings. The van der Waals surface area contributed by atoms with E-state index in [9.17, 15) is 0 Å². The van der Waals surface area contributed by atoms with Gasteiger partial charge in [0.1, 0.15) is 5.69 Å². The molecule has 0 saturated carbocycles. The summed E-state index contributed by atoms with van der Waals surface area (Å²) in [5, 5.41) is 8.68. The van der Waals surface area contributed by atoms with Gasteiger partial charge >= 0.3 is 0 Å². The minimum Gasteiger partial charge on any atom is -0.390 e. The van der Waals surface area contributed by atoms with Crippen molar-refractivity contribution >= 4 is 16.7 Å². The highest BCUT2D eigenvalue weighted by atomic mass is 16.7. The minimum absolute atomic E-state index is 0.107. The fourth-order valence-corrected chi connectivity index (χ4v) is 1.72. The molecule has 0 atom stereocenters. The highest BCUT2D eigenvalue weighted by Gasteiger charge is 2.05. The van der Waals surface area contributed by atoms with Crippen molar-refractivity contribution in [3.05, 3.63) is 59.0 Å². The number of hydrogen-bond acceptors (Lipinski definition) is 5. The van der Waals surface area contributed by atoms with Crippen molar-refractivity contribution in [1.82, 2.24) is 19.9 Å². The van der Waals surface area contributed by atoms with E-state index in [4.69, 9.17) is 10.4 Å². The highest BCUT2D eigenvalue weighted by molar-refractivity contribution is 5.77. The Morgan fingerprint density at radius 1 is 1.25 bits per heavy atom. The van der Waals surface area contributed by atoms with Crippen LogP contribution in [0.3, 0.4) is 0 Å². The zero-order valence-electron chi connectivity index (χ0n) is 10.3. The van der Waals surface area contributed by atoms with Crippen LogP contribution in [0.5, 0.6) is 0 Å². The molecule has 2 heterocycles. The van der Waals surface area contributed by atoms with E-state index in [-0.39, 0.29) is 12.4 Å². The van der Waals surface area contributed by atoms with Gasteiger partial charge in [0.2, 0.25) is 0 Å². The number of fused-ring (bicyclic) bond motifs is 1. The van der Waals surface area contributed by atoms with Crippen molar-refractivity contribution in [3.63, 3.8) is 0 Å².